The average Bonchev–Trinajstić information content (AvgIpc) is 2.52. The minimum atomic E-state index is -0.513. The molecule has 1 rings (SSSR count). The fourth-order valence-electron chi connectivity index (χ4n) is 1.17. The molecule has 1 heterocycles. The van der Waals surface area contributed by atoms with Crippen LogP contribution < -0.4 is 0 Å². The molecule has 0 aliphatic heterocycles. The van der Waals surface area contributed by atoms with E-state index in [0.717, 1.165) is 11.5 Å². The van der Waals surface area contributed by atoms with Gasteiger partial charge in [0.1, 0.15) is 11.5 Å². The first-order valence-corrected chi connectivity index (χ1v) is 4.64. The molecule has 1 aromatic rings. The minimum absolute atomic E-state index is 0.311. The Balaban J connectivity index is 2.26. The van der Waals surface area contributed by atoms with Crippen LogP contribution in [-0.4, -0.2) is 24.4 Å². The van der Waals surface area contributed by atoms with Gasteiger partial charge in [0.15, 0.2) is 0 Å². The molecule has 0 radical (unpaired) electrons. The molecule has 3 heteroatoms. The molecule has 3 nitrogen and oxygen atoms in total. The van der Waals surface area contributed by atoms with Crippen molar-refractivity contribution in [2.45, 2.75) is 19.4 Å². The van der Waals surface area contributed by atoms with E-state index in [0.29, 0.717) is 19.6 Å². The van der Waals surface area contributed by atoms with E-state index >= 15 is 0 Å². The van der Waals surface area contributed by atoms with Gasteiger partial charge in [-0.3, -0.25) is 0 Å². The Bertz CT molecular complexity index is 278. The summed E-state index contributed by atoms with van der Waals surface area (Å²) in [6, 6.07) is 3.75. The van der Waals surface area contributed by atoms with Crippen molar-refractivity contribution in [2.75, 3.05) is 13.2 Å². The summed E-state index contributed by atoms with van der Waals surface area (Å²) in [6.07, 6.45) is 1.63. The van der Waals surface area contributed by atoms with E-state index in [2.05, 4.69) is 6.58 Å². The van der Waals surface area contributed by atoms with Crippen LogP contribution in [0.1, 0.15) is 11.5 Å². The molecule has 0 aromatic carbocycles. The predicted octanol–water partition coefficient (Wildman–Crippen LogP) is 1.69. The summed E-state index contributed by atoms with van der Waals surface area (Å²) in [7, 11) is 0. The third kappa shape index (κ3) is 3.77. The third-order valence-corrected chi connectivity index (χ3v) is 1.78. The molecule has 0 spiro atoms. The first-order chi connectivity index (χ1) is 6.72. The summed E-state index contributed by atoms with van der Waals surface area (Å²) in [5.41, 5.74) is 0. The molecule has 1 unspecified atom stereocenters. The van der Waals surface area contributed by atoms with E-state index in [1.165, 1.54) is 0 Å². The lowest BCUT2D eigenvalue weighted by Crippen LogP contribution is -2.17. The van der Waals surface area contributed by atoms with E-state index in [4.69, 9.17) is 9.15 Å². The van der Waals surface area contributed by atoms with Gasteiger partial charge in [0, 0.05) is 6.42 Å². The minimum Gasteiger partial charge on any atom is -0.466 e. The molecule has 1 N–H and O–H groups in total. The van der Waals surface area contributed by atoms with Crippen LogP contribution in [0, 0.1) is 6.92 Å². The molecule has 1 aromatic heterocycles. The van der Waals surface area contributed by atoms with E-state index < -0.39 is 6.10 Å². The monoisotopic (exact) mass is 196 g/mol. The molecule has 14 heavy (non-hydrogen) atoms. The summed E-state index contributed by atoms with van der Waals surface area (Å²) >= 11 is 0. The van der Waals surface area contributed by atoms with Crippen LogP contribution in [0.3, 0.4) is 0 Å². The van der Waals surface area contributed by atoms with Crippen molar-refractivity contribution in [3.05, 3.63) is 36.3 Å². The first kappa shape index (κ1) is 11.0. The van der Waals surface area contributed by atoms with Crippen LogP contribution in [0.2, 0.25) is 0 Å². The molecule has 0 bridgehead atoms. The van der Waals surface area contributed by atoms with Crippen molar-refractivity contribution in [1.29, 1.82) is 0 Å². The van der Waals surface area contributed by atoms with Crippen LogP contribution in [0.25, 0.3) is 0 Å². The van der Waals surface area contributed by atoms with Gasteiger partial charge in [0.25, 0.3) is 0 Å². The van der Waals surface area contributed by atoms with Crippen LogP contribution in [0.5, 0.6) is 0 Å². The Morgan fingerprint density at radius 2 is 2.43 bits per heavy atom. The van der Waals surface area contributed by atoms with Crippen LogP contribution >= 0.6 is 0 Å². The first-order valence-electron chi connectivity index (χ1n) is 4.64. The number of hydrogen-bond acceptors (Lipinski definition) is 3. The number of aliphatic hydroxyl groups excluding tert-OH is 1. The maximum absolute atomic E-state index is 9.52. The maximum atomic E-state index is 9.52. The molecule has 0 aliphatic carbocycles. The summed E-state index contributed by atoms with van der Waals surface area (Å²) in [5.74, 6) is 1.65. The van der Waals surface area contributed by atoms with Gasteiger partial charge in [-0.25, -0.2) is 0 Å². The van der Waals surface area contributed by atoms with Crippen molar-refractivity contribution in [1.82, 2.24) is 0 Å². The average molecular weight is 196 g/mol. The zero-order valence-electron chi connectivity index (χ0n) is 8.40. The Morgan fingerprint density at radius 1 is 1.64 bits per heavy atom. The van der Waals surface area contributed by atoms with Crippen molar-refractivity contribution in [2.24, 2.45) is 0 Å². The number of aryl methyl sites for hydroxylation is 1. The van der Waals surface area contributed by atoms with Gasteiger partial charge >= 0.3 is 0 Å². The quantitative estimate of drug-likeness (QED) is 0.556. The third-order valence-electron chi connectivity index (χ3n) is 1.78. The van der Waals surface area contributed by atoms with Crippen LogP contribution in [0.4, 0.5) is 0 Å². The summed E-state index contributed by atoms with van der Waals surface area (Å²) < 4.78 is 10.4. The van der Waals surface area contributed by atoms with E-state index in [9.17, 15) is 5.11 Å². The molecule has 0 saturated carbocycles. The zero-order chi connectivity index (χ0) is 10.4. The highest BCUT2D eigenvalue weighted by Crippen LogP contribution is 2.08. The maximum Gasteiger partial charge on any atom is 0.106 e. The highest BCUT2D eigenvalue weighted by atomic mass is 16.5. The molecular formula is C11H16O3. The van der Waals surface area contributed by atoms with Gasteiger partial charge in [-0.05, 0) is 19.1 Å². The lowest BCUT2D eigenvalue weighted by Gasteiger charge is -2.08. The van der Waals surface area contributed by atoms with E-state index in [1.807, 2.05) is 19.1 Å². The topological polar surface area (TPSA) is 42.6 Å². The SMILES string of the molecule is C=CCOCC(O)Cc1ccc(C)o1. The number of furan rings is 1. The fraction of sp³-hybridized carbons (Fsp3) is 0.455. The Kier molecular flexibility index (Phi) is 4.43. The molecule has 0 fully saturated rings. The summed E-state index contributed by atoms with van der Waals surface area (Å²) in [6.45, 7) is 6.18. The van der Waals surface area contributed by atoms with Gasteiger partial charge in [-0.1, -0.05) is 6.08 Å². The van der Waals surface area contributed by atoms with Crippen molar-refractivity contribution in [3.8, 4) is 0 Å². The summed E-state index contributed by atoms with van der Waals surface area (Å²) in [5, 5.41) is 9.52. The zero-order valence-corrected chi connectivity index (χ0v) is 8.40. The Morgan fingerprint density at radius 3 is 3.00 bits per heavy atom. The highest BCUT2D eigenvalue weighted by Gasteiger charge is 2.07. The molecule has 78 valence electrons. The van der Waals surface area contributed by atoms with Crippen molar-refractivity contribution in [3.63, 3.8) is 0 Å². The lowest BCUT2D eigenvalue weighted by atomic mass is 10.2. The summed E-state index contributed by atoms with van der Waals surface area (Å²) in [4.78, 5) is 0. The fourth-order valence-corrected chi connectivity index (χ4v) is 1.17. The van der Waals surface area contributed by atoms with E-state index in [1.54, 1.807) is 6.08 Å². The second-order valence-electron chi connectivity index (χ2n) is 3.20. The van der Waals surface area contributed by atoms with Gasteiger partial charge < -0.3 is 14.3 Å². The number of rotatable bonds is 6. The smallest absolute Gasteiger partial charge is 0.106 e. The number of hydrogen-bond donors (Lipinski definition) is 1. The van der Waals surface area contributed by atoms with Crippen molar-refractivity contribution >= 4 is 0 Å². The van der Waals surface area contributed by atoms with Crippen molar-refractivity contribution < 1.29 is 14.3 Å². The molecular weight excluding hydrogens is 180 g/mol. The van der Waals surface area contributed by atoms with E-state index in [-0.39, 0.29) is 0 Å². The highest BCUT2D eigenvalue weighted by molar-refractivity contribution is 5.06. The lowest BCUT2D eigenvalue weighted by molar-refractivity contribution is 0.0468. The Labute approximate surface area is 84.0 Å². The molecule has 0 aliphatic rings. The van der Waals surface area contributed by atoms with Gasteiger partial charge in [-0.15, -0.1) is 6.58 Å². The second-order valence-corrected chi connectivity index (χ2v) is 3.20. The predicted molar refractivity (Wildman–Crippen MR) is 54.2 cm³/mol. The largest absolute Gasteiger partial charge is 0.466 e. The number of ether oxygens (including phenoxy) is 1. The molecule has 0 amide bonds. The molecule has 0 saturated heterocycles. The van der Waals surface area contributed by atoms with Gasteiger partial charge in [0.05, 0.1) is 19.3 Å². The molecule has 1 atom stereocenters. The van der Waals surface area contributed by atoms with Crippen LogP contribution in [0.15, 0.2) is 29.2 Å². The van der Waals surface area contributed by atoms with Crippen LogP contribution in [-0.2, 0) is 11.2 Å². The van der Waals surface area contributed by atoms with Gasteiger partial charge in [-0.2, -0.15) is 0 Å². The number of aliphatic hydroxyl groups is 1. The Hall–Kier alpha value is -1.06. The normalized spacial score (nSPS) is 12.7. The standard InChI is InChI=1S/C11H16O3/c1-3-6-13-8-10(12)7-11-5-4-9(2)14-11/h3-5,10,12H,1,6-8H2,2H3. The van der Waals surface area contributed by atoms with Gasteiger partial charge in [0.2, 0.25) is 0 Å². The second kappa shape index (κ2) is 5.62.